The van der Waals surface area contributed by atoms with Crippen molar-refractivity contribution < 1.29 is 44.6 Å². The van der Waals surface area contributed by atoms with Crippen molar-refractivity contribution in [2.24, 2.45) is 0 Å². The fraction of sp³-hybridized carbons (Fsp3) is 0.619. The van der Waals surface area contributed by atoms with Crippen molar-refractivity contribution in [2.45, 2.75) is 69.9 Å². The zero-order chi connectivity index (χ0) is 23.1. The van der Waals surface area contributed by atoms with Crippen molar-refractivity contribution in [1.29, 1.82) is 0 Å². The molecule has 1 aromatic carbocycles. The molecule has 0 spiro atoms. The van der Waals surface area contributed by atoms with Gasteiger partial charge in [0.15, 0.2) is 6.10 Å². The van der Waals surface area contributed by atoms with Crippen molar-refractivity contribution in [3.05, 3.63) is 29.8 Å². The molecule has 1 aliphatic rings. The van der Waals surface area contributed by atoms with Crippen LogP contribution in [0.25, 0.3) is 0 Å². The minimum Gasteiger partial charge on any atom is -0.481 e. The zero-order valence-electron chi connectivity index (χ0n) is 17.6. The lowest BCUT2D eigenvalue weighted by Crippen LogP contribution is -2.61. The quantitative estimate of drug-likeness (QED) is 0.318. The predicted octanol–water partition coefficient (Wildman–Crippen LogP) is 0.0753. The summed E-state index contributed by atoms with van der Waals surface area (Å²) < 4.78 is 10.6. The minimum atomic E-state index is -1.77. The molecule has 10 nitrogen and oxygen atoms in total. The number of nitrogens with zero attached hydrogens (tertiary/aromatic N) is 1. The average molecular weight is 441 g/mol. The number of ether oxygens (including phenoxy) is 2. The van der Waals surface area contributed by atoms with Gasteiger partial charge in [0.25, 0.3) is 0 Å². The van der Waals surface area contributed by atoms with Crippen LogP contribution in [0.4, 0.5) is 0 Å². The molecule has 6 atom stereocenters. The monoisotopic (exact) mass is 441 g/mol. The van der Waals surface area contributed by atoms with Gasteiger partial charge in [-0.05, 0) is 50.6 Å². The third kappa shape index (κ3) is 6.88. The van der Waals surface area contributed by atoms with Crippen LogP contribution >= 0.6 is 0 Å². The van der Waals surface area contributed by atoms with Gasteiger partial charge in [-0.15, -0.1) is 0 Å². The van der Waals surface area contributed by atoms with Crippen LogP contribution in [0.3, 0.4) is 0 Å². The Morgan fingerprint density at radius 1 is 1.10 bits per heavy atom. The third-order valence-corrected chi connectivity index (χ3v) is 5.39. The maximum Gasteiger partial charge on any atom is 0.335 e. The Labute approximate surface area is 180 Å². The highest BCUT2D eigenvalue weighted by molar-refractivity contribution is 5.73. The molecule has 5 N–H and O–H groups in total. The number of hydrogen-bond acceptors (Lipinski definition) is 8. The molecule has 1 fully saturated rings. The highest BCUT2D eigenvalue weighted by Crippen LogP contribution is 2.25. The van der Waals surface area contributed by atoms with Crippen LogP contribution in [0.2, 0.25) is 0 Å². The first kappa shape index (κ1) is 25.0. The summed E-state index contributed by atoms with van der Waals surface area (Å²) in [6.45, 7) is 5.60. The van der Waals surface area contributed by atoms with Gasteiger partial charge in [0.1, 0.15) is 24.1 Å². The Morgan fingerprint density at radius 3 is 2.29 bits per heavy atom. The van der Waals surface area contributed by atoms with Gasteiger partial charge in [0.2, 0.25) is 6.29 Å². The van der Waals surface area contributed by atoms with Gasteiger partial charge in [0.05, 0.1) is 0 Å². The SMILES string of the molecule is CCN(CCCC(=O)O)C(C)Cc1ccc(O[C@@H]2OC(C(=O)O)[C@H](O)C(O)C2O)cc1. The molecule has 0 bridgehead atoms. The molecule has 1 saturated heterocycles. The Morgan fingerprint density at radius 2 is 1.74 bits per heavy atom. The van der Waals surface area contributed by atoms with E-state index in [2.05, 4.69) is 11.8 Å². The number of aliphatic carboxylic acids is 2. The van der Waals surface area contributed by atoms with Crippen LogP contribution in [0, 0.1) is 0 Å². The number of likely N-dealkylation sites (N-methyl/N-ethyl adjacent to an activating group) is 1. The van der Waals surface area contributed by atoms with Crippen molar-refractivity contribution in [3.63, 3.8) is 0 Å². The van der Waals surface area contributed by atoms with E-state index in [0.717, 1.165) is 18.5 Å². The molecule has 31 heavy (non-hydrogen) atoms. The Kier molecular flexibility index (Phi) is 9.20. The lowest BCUT2D eigenvalue weighted by atomic mass is 9.99. The van der Waals surface area contributed by atoms with Crippen molar-refractivity contribution >= 4 is 11.9 Å². The lowest BCUT2D eigenvalue weighted by molar-refractivity contribution is -0.271. The van der Waals surface area contributed by atoms with E-state index >= 15 is 0 Å². The Bertz CT molecular complexity index is 726. The number of aliphatic hydroxyl groups excluding tert-OH is 3. The van der Waals surface area contributed by atoms with Gasteiger partial charge in [-0.25, -0.2) is 4.79 Å². The number of carbonyl (C=O) groups is 2. The van der Waals surface area contributed by atoms with E-state index in [0.29, 0.717) is 18.7 Å². The van der Waals surface area contributed by atoms with Gasteiger partial charge < -0.3 is 39.9 Å². The molecule has 0 aliphatic carbocycles. The second kappa shape index (κ2) is 11.4. The molecule has 10 heteroatoms. The molecule has 2 rings (SSSR count). The van der Waals surface area contributed by atoms with Gasteiger partial charge in [-0.2, -0.15) is 0 Å². The number of hydrogen-bond donors (Lipinski definition) is 5. The van der Waals surface area contributed by atoms with Crippen molar-refractivity contribution in [2.75, 3.05) is 13.1 Å². The lowest BCUT2D eigenvalue weighted by Gasteiger charge is -2.38. The summed E-state index contributed by atoms with van der Waals surface area (Å²) in [4.78, 5) is 24.1. The highest BCUT2D eigenvalue weighted by atomic mass is 16.7. The first-order chi connectivity index (χ1) is 14.6. The predicted molar refractivity (Wildman–Crippen MR) is 109 cm³/mol. The normalized spacial score (nSPS) is 27.1. The van der Waals surface area contributed by atoms with Gasteiger partial charge in [-0.3, -0.25) is 4.79 Å². The fourth-order valence-electron chi connectivity index (χ4n) is 3.58. The van der Waals surface area contributed by atoms with Gasteiger partial charge in [0, 0.05) is 12.5 Å². The maximum absolute atomic E-state index is 11.2. The molecule has 0 aromatic heterocycles. The van der Waals surface area contributed by atoms with E-state index in [1.165, 1.54) is 0 Å². The van der Waals surface area contributed by atoms with Crippen LogP contribution in [0.1, 0.15) is 32.3 Å². The third-order valence-electron chi connectivity index (χ3n) is 5.39. The summed E-state index contributed by atoms with van der Waals surface area (Å²) in [5.74, 6) is -1.97. The van der Waals surface area contributed by atoms with E-state index in [1.54, 1.807) is 12.1 Å². The zero-order valence-corrected chi connectivity index (χ0v) is 17.6. The summed E-state index contributed by atoms with van der Waals surface area (Å²) in [5.41, 5.74) is 1.01. The molecule has 174 valence electrons. The van der Waals surface area contributed by atoms with Gasteiger partial charge >= 0.3 is 11.9 Å². The maximum atomic E-state index is 11.2. The topological polar surface area (TPSA) is 157 Å². The standard InChI is InChI=1S/C21H31NO9/c1-3-22(10-4-5-15(23)24)12(2)11-13-6-8-14(9-7-13)30-21-18(27)16(25)17(26)19(31-21)20(28)29/h6-9,12,16-19,21,25-27H,3-5,10-11H2,1-2H3,(H,23,24)(H,28,29)/t12?,16?,17-,18?,19?,21-/m1/s1. The molecule has 1 heterocycles. The summed E-state index contributed by atoms with van der Waals surface area (Å²) in [6, 6.07) is 7.14. The molecule has 0 amide bonds. The number of rotatable bonds is 11. The first-order valence-corrected chi connectivity index (χ1v) is 10.3. The molecule has 1 aliphatic heterocycles. The van der Waals surface area contributed by atoms with Crippen LogP contribution in [-0.2, 0) is 20.7 Å². The van der Waals surface area contributed by atoms with Crippen LogP contribution in [0.15, 0.2) is 24.3 Å². The Hall–Kier alpha value is -2.24. The fourth-order valence-corrected chi connectivity index (χ4v) is 3.58. The summed E-state index contributed by atoms with van der Waals surface area (Å²) in [7, 11) is 0. The molecular formula is C21H31NO9. The number of aliphatic hydroxyl groups is 3. The molecule has 4 unspecified atom stereocenters. The second-order valence-corrected chi connectivity index (χ2v) is 7.68. The summed E-state index contributed by atoms with van der Waals surface area (Å²) in [6.07, 6.45) is -6.82. The van der Waals surface area contributed by atoms with E-state index in [-0.39, 0.29) is 12.5 Å². The Balaban J connectivity index is 1.95. The first-order valence-electron chi connectivity index (χ1n) is 10.3. The highest BCUT2D eigenvalue weighted by Gasteiger charge is 2.48. The van der Waals surface area contributed by atoms with Crippen LogP contribution < -0.4 is 4.74 Å². The van der Waals surface area contributed by atoms with E-state index in [9.17, 15) is 24.9 Å². The molecule has 0 radical (unpaired) electrons. The van der Waals surface area contributed by atoms with Crippen molar-refractivity contribution in [3.8, 4) is 5.75 Å². The van der Waals surface area contributed by atoms with E-state index in [4.69, 9.17) is 19.7 Å². The smallest absolute Gasteiger partial charge is 0.335 e. The number of carboxylic acids is 2. The van der Waals surface area contributed by atoms with Crippen LogP contribution in [0.5, 0.6) is 5.75 Å². The van der Waals surface area contributed by atoms with E-state index < -0.39 is 42.6 Å². The summed E-state index contributed by atoms with van der Waals surface area (Å²) >= 11 is 0. The van der Waals surface area contributed by atoms with Crippen molar-refractivity contribution in [1.82, 2.24) is 4.90 Å². The molecular weight excluding hydrogens is 410 g/mol. The largest absolute Gasteiger partial charge is 0.481 e. The van der Waals surface area contributed by atoms with E-state index in [1.807, 2.05) is 19.1 Å². The summed E-state index contributed by atoms with van der Waals surface area (Å²) in [5, 5.41) is 47.5. The molecule has 0 saturated carbocycles. The second-order valence-electron chi connectivity index (χ2n) is 7.68. The number of carboxylic acid groups (broad SMARTS) is 2. The van der Waals surface area contributed by atoms with Gasteiger partial charge in [-0.1, -0.05) is 19.1 Å². The average Bonchev–Trinajstić information content (AvgIpc) is 2.72. The number of benzene rings is 1. The van der Waals surface area contributed by atoms with Crippen LogP contribution in [-0.4, -0.2) is 92.2 Å². The molecule has 1 aromatic rings. The minimum absolute atomic E-state index is 0.138.